The van der Waals surface area contributed by atoms with Crippen LogP contribution >= 0.6 is 11.6 Å². The van der Waals surface area contributed by atoms with Crippen LogP contribution in [0.1, 0.15) is 47.9 Å². The Labute approximate surface area is 114 Å². The van der Waals surface area contributed by atoms with Crippen molar-refractivity contribution in [3.8, 4) is 5.75 Å². The predicted molar refractivity (Wildman–Crippen MR) is 76.5 cm³/mol. The Morgan fingerprint density at radius 2 is 1.67 bits per heavy atom. The zero-order valence-corrected chi connectivity index (χ0v) is 12.2. The van der Waals surface area contributed by atoms with Crippen molar-refractivity contribution < 1.29 is 5.11 Å². The number of nitrogens with two attached hydrogens (primary N) is 1. The monoisotopic (exact) mass is 267 g/mol. The van der Waals surface area contributed by atoms with E-state index in [1.807, 2.05) is 13.8 Å². The first kappa shape index (κ1) is 13.7. The number of phenols is 1. The van der Waals surface area contributed by atoms with Crippen LogP contribution in [0.4, 0.5) is 0 Å². The smallest absolute Gasteiger partial charge is 0.137 e. The molecule has 0 spiro atoms. The van der Waals surface area contributed by atoms with Gasteiger partial charge in [0.25, 0.3) is 0 Å². The predicted octanol–water partition coefficient (Wildman–Crippen LogP) is 3.74. The molecule has 2 nitrogen and oxygen atoms in total. The molecule has 3 N–H and O–H groups in total. The fourth-order valence-corrected chi connectivity index (χ4v) is 3.74. The van der Waals surface area contributed by atoms with Gasteiger partial charge in [-0.25, -0.2) is 0 Å². The Bertz CT molecular complexity index is 447. The first-order chi connectivity index (χ1) is 8.44. The molecule has 0 unspecified atom stereocenters. The summed E-state index contributed by atoms with van der Waals surface area (Å²) in [5.74, 6) is 0.223. The third-order valence-corrected chi connectivity index (χ3v) is 5.15. The topological polar surface area (TPSA) is 46.2 Å². The second-order valence-corrected chi connectivity index (χ2v) is 5.98. The van der Waals surface area contributed by atoms with Crippen LogP contribution in [0.15, 0.2) is 0 Å². The molecular formula is C15H22ClNO. The van der Waals surface area contributed by atoms with Crippen molar-refractivity contribution in [2.75, 3.05) is 6.54 Å². The molecule has 0 saturated heterocycles. The molecule has 0 bridgehead atoms. The summed E-state index contributed by atoms with van der Waals surface area (Å²) in [5, 5.41) is 10.5. The molecule has 0 aliphatic heterocycles. The lowest BCUT2D eigenvalue weighted by molar-refractivity contribution is 0.441. The van der Waals surface area contributed by atoms with Crippen LogP contribution in [0.5, 0.6) is 5.75 Å². The van der Waals surface area contributed by atoms with Crippen LogP contribution in [0.2, 0.25) is 5.02 Å². The molecule has 100 valence electrons. The number of halogens is 1. The normalized spacial score (nSPS) is 18.3. The summed E-state index contributed by atoms with van der Waals surface area (Å²) in [7, 11) is 0. The number of phenolic OH excluding ortho intramolecular Hbond substituents is 1. The van der Waals surface area contributed by atoms with E-state index in [9.17, 15) is 5.11 Å². The van der Waals surface area contributed by atoms with Gasteiger partial charge in [0.05, 0.1) is 5.02 Å². The standard InChI is InChI=1S/C15H22ClNO/c1-9-10(2)14(18)13(16)11(3)12(9)15(8-17)6-4-5-7-15/h18H,4-8,17H2,1-3H3. The molecule has 1 aromatic rings. The van der Waals surface area contributed by atoms with Crippen LogP contribution in [0.3, 0.4) is 0 Å². The molecule has 1 aliphatic carbocycles. The Balaban J connectivity index is 2.71. The third-order valence-electron chi connectivity index (χ3n) is 4.69. The van der Waals surface area contributed by atoms with E-state index < -0.39 is 0 Å². The Morgan fingerprint density at radius 1 is 1.11 bits per heavy atom. The molecule has 0 amide bonds. The van der Waals surface area contributed by atoms with E-state index in [4.69, 9.17) is 17.3 Å². The van der Waals surface area contributed by atoms with Gasteiger partial charge in [0.15, 0.2) is 0 Å². The zero-order valence-electron chi connectivity index (χ0n) is 11.4. The van der Waals surface area contributed by atoms with Gasteiger partial charge in [-0.1, -0.05) is 24.4 Å². The van der Waals surface area contributed by atoms with E-state index >= 15 is 0 Å². The third kappa shape index (κ3) is 1.83. The summed E-state index contributed by atoms with van der Waals surface area (Å²) in [5.41, 5.74) is 10.5. The summed E-state index contributed by atoms with van der Waals surface area (Å²) in [6, 6.07) is 0. The maximum Gasteiger partial charge on any atom is 0.137 e. The zero-order chi connectivity index (χ0) is 13.5. The van der Waals surface area contributed by atoms with Gasteiger partial charge in [0.2, 0.25) is 0 Å². The van der Waals surface area contributed by atoms with Crippen LogP contribution < -0.4 is 5.73 Å². The lowest BCUT2D eigenvalue weighted by Crippen LogP contribution is -2.34. The maximum absolute atomic E-state index is 10.0. The van der Waals surface area contributed by atoms with E-state index in [2.05, 4.69) is 6.92 Å². The van der Waals surface area contributed by atoms with Crippen molar-refractivity contribution in [2.45, 2.75) is 51.9 Å². The molecule has 0 heterocycles. The van der Waals surface area contributed by atoms with Crippen molar-refractivity contribution in [1.82, 2.24) is 0 Å². The van der Waals surface area contributed by atoms with Gasteiger partial charge in [-0.15, -0.1) is 0 Å². The van der Waals surface area contributed by atoms with E-state index in [1.54, 1.807) is 0 Å². The van der Waals surface area contributed by atoms with Crippen molar-refractivity contribution in [1.29, 1.82) is 0 Å². The van der Waals surface area contributed by atoms with Crippen molar-refractivity contribution in [3.63, 3.8) is 0 Å². The van der Waals surface area contributed by atoms with Crippen molar-refractivity contribution >= 4 is 11.6 Å². The lowest BCUT2D eigenvalue weighted by Gasteiger charge is -2.33. The summed E-state index contributed by atoms with van der Waals surface area (Å²) >= 11 is 6.27. The minimum absolute atomic E-state index is 0.0657. The average molecular weight is 268 g/mol. The number of rotatable bonds is 2. The molecule has 0 aromatic heterocycles. The quantitative estimate of drug-likeness (QED) is 0.857. The molecule has 1 fully saturated rings. The molecule has 0 radical (unpaired) electrons. The van der Waals surface area contributed by atoms with E-state index in [-0.39, 0.29) is 11.2 Å². The molecule has 1 saturated carbocycles. The second-order valence-electron chi connectivity index (χ2n) is 5.60. The molecule has 3 heteroatoms. The lowest BCUT2D eigenvalue weighted by atomic mass is 9.74. The SMILES string of the molecule is Cc1c(C)c(C2(CN)CCCC2)c(C)c(Cl)c1O. The largest absolute Gasteiger partial charge is 0.506 e. The van der Waals surface area contributed by atoms with Gasteiger partial charge in [0, 0.05) is 12.0 Å². The van der Waals surface area contributed by atoms with Gasteiger partial charge in [-0.2, -0.15) is 0 Å². The fourth-order valence-electron chi connectivity index (χ4n) is 3.50. The fraction of sp³-hybridized carbons (Fsp3) is 0.600. The average Bonchev–Trinajstić information content (AvgIpc) is 2.84. The van der Waals surface area contributed by atoms with Gasteiger partial charge < -0.3 is 10.8 Å². The molecule has 1 aromatic carbocycles. The highest BCUT2D eigenvalue weighted by Crippen LogP contribution is 2.47. The van der Waals surface area contributed by atoms with Crippen molar-refractivity contribution in [2.24, 2.45) is 5.73 Å². The van der Waals surface area contributed by atoms with Crippen molar-refractivity contribution in [3.05, 3.63) is 27.3 Å². The maximum atomic E-state index is 10.0. The Morgan fingerprint density at radius 3 is 2.17 bits per heavy atom. The van der Waals surface area contributed by atoms with Gasteiger partial charge >= 0.3 is 0 Å². The molecule has 0 atom stereocenters. The second kappa shape index (κ2) is 4.75. The molecule has 18 heavy (non-hydrogen) atoms. The van der Waals surface area contributed by atoms with Crippen LogP contribution in [0, 0.1) is 20.8 Å². The summed E-state index contributed by atoms with van der Waals surface area (Å²) in [6.45, 7) is 6.66. The number of hydrogen-bond acceptors (Lipinski definition) is 2. The highest BCUT2D eigenvalue weighted by molar-refractivity contribution is 6.33. The number of benzene rings is 1. The molecule has 1 aliphatic rings. The van der Waals surface area contributed by atoms with E-state index in [0.717, 1.165) is 29.5 Å². The Kier molecular flexibility index (Phi) is 3.61. The summed E-state index contributed by atoms with van der Waals surface area (Å²) in [6.07, 6.45) is 4.72. The van der Waals surface area contributed by atoms with Gasteiger partial charge in [-0.3, -0.25) is 0 Å². The van der Waals surface area contributed by atoms with Crippen LogP contribution in [-0.4, -0.2) is 11.7 Å². The number of aromatic hydroxyl groups is 1. The highest BCUT2D eigenvalue weighted by atomic mass is 35.5. The summed E-state index contributed by atoms with van der Waals surface area (Å²) < 4.78 is 0. The van der Waals surface area contributed by atoms with Gasteiger partial charge in [0.1, 0.15) is 5.75 Å². The van der Waals surface area contributed by atoms with Gasteiger partial charge in [-0.05, 0) is 55.9 Å². The molecular weight excluding hydrogens is 246 g/mol. The van der Waals surface area contributed by atoms with E-state index in [1.165, 1.54) is 18.4 Å². The summed E-state index contributed by atoms with van der Waals surface area (Å²) in [4.78, 5) is 0. The Hall–Kier alpha value is -0.730. The minimum Gasteiger partial charge on any atom is -0.506 e. The molecule has 2 rings (SSSR count). The van der Waals surface area contributed by atoms with E-state index in [0.29, 0.717) is 11.6 Å². The first-order valence-electron chi connectivity index (χ1n) is 6.63. The highest BCUT2D eigenvalue weighted by Gasteiger charge is 2.38. The minimum atomic E-state index is 0.0657. The first-order valence-corrected chi connectivity index (χ1v) is 7.01. The van der Waals surface area contributed by atoms with Crippen LogP contribution in [-0.2, 0) is 5.41 Å². The van der Waals surface area contributed by atoms with Crippen LogP contribution in [0.25, 0.3) is 0 Å². The number of hydrogen-bond donors (Lipinski definition) is 2.